The minimum atomic E-state index is -1.02. The number of aryl methyl sites for hydroxylation is 1. The number of rotatable bonds is 8. The molecule has 0 aliphatic heterocycles. The molecule has 6 nitrogen and oxygen atoms in total. The second-order valence-electron chi connectivity index (χ2n) is 6.98. The second kappa shape index (κ2) is 8.82. The van der Waals surface area contributed by atoms with Crippen molar-refractivity contribution in [2.45, 2.75) is 39.4 Å². The van der Waals surface area contributed by atoms with Crippen molar-refractivity contribution in [2.75, 3.05) is 7.11 Å². The van der Waals surface area contributed by atoms with Crippen molar-refractivity contribution in [3.05, 3.63) is 65.9 Å². The summed E-state index contributed by atoms with van der Waals surface area (Å²) in [6.07, 6.45) is 0.493. The number of nitrogens with zero attached hydrogens (tertiary/aromatic N) is 1. The molecule has 0 fully saturated rings. The van der Waals surface area contributed by atoms with Gasteiger partial charge in [0, 0.05) is 11.6 Å². The number of esters is 1. The predicted molar refractivity (Wildman–Crippen MR) is 109 cm³/mol. The summed E-state index contributed by atoms with van der Waals surface area (Å²) in [4.78, 5) is 11.9. The summed E-state index contributed by atoms with van der Waals surface area (Å²) in [7, 11) is 1.35. The maximum Gasteiger partial charge on any atom is 0.349 e. The molecule has 0 aliphatic rings. The van der Waals surface area contributed by atoms with Crippen LogP contribution in [0.3, 0.4) is 0 Å². The molecule has 6 heteroatoms. The first-order valence-electron chi connectivity index (χ1n) is 9.46. The molecule has 0 saturated carbocycles. The summed E-state index contributed by atoms with van der Waals surface area (Å²) in [6.45, 7) is 5.88. The average Bonchev–Trinajstić information content (AvgIpc) is 3.22. The highest BCUT2D eigenvalue weighted by molar-refractivity contribution is 5.79. The van der Waals surface area contributed by atoms with Crippen LogP contribution in [-0.4, -0.2) is 23.8 Å². The minimum Gasteiger partial charge on any atom is -0.486 e. The van der Waals surface area contributed by atoms with Crippen LogP contribution in [0.2, 0.25) is 0 Å². The Bertz CT molecular complexity index is 946. The van der Waals surface area contributed by atoms with E-state index < -0.39 is 11.6 Å². The van der Waals surface area contributed by atoms with Crippen LogP contribution >= 0.6 is 0 Å². The Labute approximate surface area is 170 Å². The van der Waals surface area contributed by atoms with Crippen LogP contribution < -0.4 is 9.47 Å². The van der Waals surface area contributed by atoms with E-state index in [-0.39, 0.29) is 6.61 Å². The Morgan fingerprint density at radius 1 is 1.07 bits per heavy atom. The molecule has 0 spiro atoms. The number of aromatic nitrogens is 1. The molecular formula is C23H25NO5. The fraction of sp³-hybridized carbons (Fsp3) is 0.304. The molecule has 3 rings (SSSR count). The molecule has 0 aliphatic carbocycles. The zero-order valence-corrected chi connectivity index (χ0v) is 17.1. The number of methoxy groups -OCH3 is 1. The van der Waals surface area contributed by atoms with Gasteiger partial charge in [-0.3, -0.25) is 0 Å². The molecule has 1 aromatic heterocycles. The molecule has 2 aromatic carbocycles. The third kappa shape index (κ3) is 4.96. The number of carbonyl (C=O) groups excluding carboxylic acids is 1. The molecule has 3 aromatic rings. The Hall–Kier alpha value is -3.28. The highest BCUT2D eigenvalue weighted by Gasteiger charge is 2.34. The maximum atomic E-state index is 11.9. The van der Waals surface area contributed by atoms with Crippen LogP contribution in [0.15, 0.2) is 59.1 Å². The largest absolute Gasteiger partial charge is 0.486 e. The number of ether oxygens (including phenoxy) is 3. The smallest absolute Gasteiger partial charge is 0.349 e. The number of hydrogen-bond acceptors (Lipinski definition) is 6. The van der Waals surface area contributed by atoms with E-state index in [2.05, 4.69) is 5.16 Å². The van der Waals surface area contributed by atoms with Gasteiger partial charge in [-0.05, 0) is 44.5 Å². The van der Waals surface area contributed by atoms with Gasteiger partial charge < -0.3 is 18.7 Å². The highest BCUT2D eigenvalue weighted by atomic mass is 16.6. The molecule has 0 amide bonds. The molecule has 29 heavy (non-hydrogen) atoms. The van der Waals surface area contributed by atoms with E-state index in [1.54, 1.807) is 31.2 Å². The van der Waals surface area contributed by atoms with Gasteiger partial charge in [0.15, 0.2) is 5.76 Å². The van der Waals surface area contributed by atoms with E-state index >= 15 is 0 Å². The fourth-order valence-electron chi connectivity index (χ4n) is 2.73. The standard InChI is InChI=1S/C23H25NO5/c1-5-23(3,22(25)26-4)28-19-12-10-18(11-13-19)27-15-20-14-21(24-29-20)17-8-6-16(2)7-9-17/h6-14H,5,15H2,1-4H3. The van der Waals surface area contributed by atoms with E-state index in [9.17, 15) is 4.79 Å². The summed E-state index contributed by atoms with van der Waals surface area (Å²) < 4.78 is 21.8. The first-order chi connectivity index (χ1) is 13.9. The van der Waals surface area contributed by atoms with E-state index in [1.807, 2.05) is 44.2 Å². The van der Waals surface area contributed by atoms with Crippen LogP contribution in [-0.2, 0) is 16.1 Å². The molecule has 1 unspecified atom stereocenters. The maximum absolute atomic E-state index is 11.9. The van der Waals surface area contributed by atoms with Crippen molar-refractivity contribution in [1.82, 2.24) is 5.16 Å². The first kappa shape index (κ1) is 20.5. The molecule has 1 atom stereocenters. The van der Waals surface area contributed by atoms with E-state index in [0.717, 1.165) is 11.3 Å². The van der Waals surface area contributed by atoms with Crippen LogP contribution in [0.4, 0.5) is 0 Å². The second-order valence-corrected chi connectivity index (χ2v) is 6.98. The monoisotopic (exact) mass is 395 g/mol. The Kier molecular flexibility index (Phi) is 6.22. The van der Waals surface area contributed by atoms with E-state index in [4.69, 9.17) is 18.7 Å². The van der Waals surface area contributed by atoms with Crippen molar-refractivity contribution in [1.29, 1.82) is 0 Å². The molecule has 0 saturated heterocycles. The Morgan fingerprint density at radius 2 is 1.72 bits per heavy atom. The van der Waals surface area contributed by atoms with Gasteiger partial charge in [-0.2, -0.15) is 0 Å². The number of carbonyl (C=O) groups is 1. The number of hydrogen-bond donors (Lipinski definition) is 0. The van der Waals surface area contributed by atoms with Crippen molar-refractivity contribution in [2.24, 2.45) is 0 Å². The van der Waals surface area contributed by atoms with Crippen LogP contribution in [0, 0.1) is 6.92 Å². The van der Waals surface area contributed by atoms with Crippen LogP contribution in [0.5, 0.6) is 11.5 Å². The van der Waals surface area contributed by atoms with Gasteiger partial charge >= 0.3 is 5.97 Å². The molecular weight excluding hydrogens is 370 g/mol. The lowest BCUT2D eigenvalue weighted by molar-refractivity contribution is -0.157. The third-order valence-corrected chi connectivity index (χ3v) is 4.75. The average molecular weight is 395 g/mol. The Morgan fingerprint density at radius 3 is 2.34 bits per heavy atom. The molecule has 0 radical (unpaired) electrons. The molecule has 0 bridgehead atoms. The summed E-state index contributed by atoms with van der Waals surface area (Å²) in [5.74, 6) is 1.44. The fourth-order valence-corrected chi connectivity index (χ4v) is 2.73. The first-order valence-corrected chi connectivity index (χ1v) is 9.46. The third-order valence-electron chi connectivity index (χ3n) is 4.75. The van der Waals surface area contributed by atoms with Crippen molar-refractivity contribution >= 4 is 5.97 Å². The highest BCUT2D eigenvalue weighted by Crippen LogP contribution is 2.26. The zero-order valence-electron chi connectivity index (χ0n) is 17.1. The summed E-state index contributed by atoms with van der Waals surface area (Å²) >= 11 is 0. The lowest BCUT2D eigenvalue weighted by Crippen LogP contribution is -2.41. The normalized spacial score (nSPS) is 12.8. The lowest BCUT2D eigenvalue weighted by Gasteiger charge is -2.26. The topological polar surface area (TPSA) is 70.8 Å². The van der Waals surface area contributed by atoms with Gasteiger partial charge in [0.05, 0.1) is 7.11 Å². The minimum absolute atomic E-state index is 0.258. The summed E-state index contributed by atoms with van der Waals surface area (Å²) in [6, 6.07) is 17.0. The van der Waals surface area contributed by atoms with Gasteiger partial charge in [-0.25, -0.2) is 4.79 Å². The molecule has 0 N–H and O–H groups in total. The lowest BCUT2D eigenvalue weighted by atomic mass is 10.0. The zero-order chi connectivity index (χ0) is 20.9. The predicted octanol–water partition coefficient (Wildman–Crippen LogP) is 4.95. The van der Waals surface area contributed by atoms with Crippen molar-refractivity contribution < 1.29 is 23.5 Å². The van der Waals surface area contributed by atoms with Crippen LogP contribution in [0.25, 0.3) is 11.3 Å². The van der Waals surface area contributed by atoms with E-state index in [0.29, 0.717) is 23.7 Å². The van der Waals surface area contributed by atoms with Gasteiger partial charge in [-0.15, -0.1) is 0 Å². The quantitative estimate of drug-likeness (QED) is 0.503. The van der Waals surface area contributed by atoms with Gasteiger partial charge in [0.25, 0.3) is 0 Å². The SMILES string of the molecule is CCC(C)(Oc1ccc(OCc2cc(-c3ccc(C)cc3)no2)cc1)C(=O)OC. The van der Waals surface area contributed by atoms with Gasteiger partial charge in [0.1, 0.15) is 23.8 Å². The summed E-state index contributed by atoms with van der Waals surface area (Å²) in [5, 5.41) is 4.10. The van der Waals surface area contributed by atoms with E-state index in [1.165, 1.54) is 12.7 Å². The number of benzene rings is 2. The molecule has 1 heterocycles. The van der Waals surface area contributed by atoms with Gasteiger partial charge in [-0.1, -0.05) is 41.9 Å². The van der Waals surface area contributed by atoms with Gasteiger partial charge in [0.2, 0.25) is 5.60 Å². The van der Waals surface area contributed by atoms with Crippen molar-refractivity contribution in [3.63, 3.8) is 0 Å². The summed E-state index contributed by atoms with van der Waals surface area (Å²) in [5.41, 5.74) is 1.94. The van der Waals surface area contributed by atoms with Crippen molar-refractivity contribution in [3.8, 4) is 22.8 Å². The van der Waals surface area contributed by atoms with Crippen LogP contribution in [0.1, 0.15) is 31.6 Å². The Balaban J connectivity index is 1.59. The molecule has 152 valence electrons.